The SMILES string of the molecule is O=C1CCCN(c2ccccc2C(F)(F)F)C1. The predicted octanol–water partition coefficient (Wildman–Crippen LogP) is 2.87. The predicted molar refractivity (Wildman–Crippen MR) is 57.9 cm³/mol. The van der Waals surface area contributed by atoms with E-state index < -0.39 is 11.7 Å². The molecule has 92 valence electrons. The summed E-state index contributed by atoms with van der Waals surface area (Å²) in [7, 11) is 0. The van der Waals surface area contributed by atoms with Crippen LogP contribution in [0, 0.1) is 0 Å². The van der Waals surface area contributed by atoms with Crippen LogP contribution in [0.1, 0.15) is 18.4 Å². The molecule has 5 heteroatoms. The van der Waals surface area contributed by atoms with Crippen LogP contribution in [0.2, 0.25) is 0 Å². The Morgan fingerprint density at radius 1 is 1.18 bits per heavy atom. The first-order chi connectivity index (χ1) is 7.98. The van der Waals surface area contributed by atoms with E-state index in [1.807, 2.05) is 0 Å². The number of anilines is 1. The van der Waals surface area contributed by atoms with E-state index in [4.69, 9.17) is 0 Å². The number of hydrogen-bond acceptors (Lipinski definition) is 2. The van der Waals surface area contributed by atoms with Gasteiger partial charge in [-0.15, -0.1) is 0 Å². The van der Waals surface area contributed by atoms with Crippen LogP contribution in [0.25, 0.3) is 0 Å². The number of carbonyl (C=O) groups is 1. The molecule has 0 unspecified atom stereocenters. The molecule has 2 nitrogen and oxygen atoms in total. The minimum Gasteiger partial charge on any atom is -0.364 e. The summed E-state index contributed by atoms with van der Waals surface area (Å²) in [6.45, 7) is 0.575. The maximum Gasteiger partial charge on any atom is 0.418 e. The molecule has 0 N–H and O–H groups in total. The minimum atomic E-state index is -4.38. The van der Waals surface area contributed by atoms with Crippen molar-refractivity contribution in [3.63, 3.8) is 0 Å². The van der Waals surface area contributed by atoms with Crippen molar-refractivity contribution < 1.29 is 18.0 Å². The Morgan fingerprint density at radius 3 is 2.53 bits per heavy atom. The van der Waals surface area contributed by atoms with Gasteiger partial charge in [0.25, 0.3) is 0 Å². The lowest BCUT2D eigenvalue weighted by atomic mass is 10.1. The van der Waals surface area contributed by atoms with Gasteiger partial charge in [0.1, 0.15) is 0 Å². The van der Waals surface area contributed by atoms with E-state index in [-0.39, 0.29) is 18.0 Å². The summed E-state index contributed by atoms with van der Waals surface area (Å²) in [5.41, 5.74) is -0.567. The summed E-state index contributed by atoms with van der Waals surface area (Å²) in [6, 6.07) is 5.39. The van der Waals surface area contributed by atoms with Gasteiger partial charge in [-0.25, -0.2) is 0 Å². The topological polar surface area (TPSA) is 20.3 Å². The van der Waals surface area contributed by atoms with Crippen LogP contribution in [-0.2, 0) is 11.0 Å². The third-order valence-electron chi connectivity index (χ3n) is 2.80. The molecule has 1 heterocycles. The standard InChI is InChI=1S/C12H12F3NO/c13-12(14,15)10-5-1-2-6-11(10)16-7-3-4-9(17)8-16/h1-2,5-6H,3-4,7-8H2. The van der Waals surface area contributed by atoms with Crippen LogP contribution in [0.4, 0.5) is 18.9 Å². The molecular formula is C12H12F3NO. The zero-order valence-corrected chi connectivity index (χ0v) is 9.13. The highest BCUT2D eigenvalue weighted by Crippen LogP contribution is 2.36. The number of rotatable bonds is 1. The Labute approximate surface area is 97.0 Å². The summed E-state index contributed by atoms with van der Waals surface area (Å²) in [5.74, 6) is -0.00627. The lowest BCUT2D eigenvalue weighted by molar-refractivity contribution is -0.137. The molecule has 1 aliphatic rings. The molecular weight excluding hydrogens is 231 g/mol. The monoisotopic (exact) mass is 243 g/mol. The van der Waals surface area contributed by atoms with Gasteiger partial charge in [0.2, 0.25) is 0 Å². The third kappa shape index (κ3) is 2.60. The first-order valence-corrected chi connectivity index (χ1v) is 5.41. The first kappa shape index (κ1) is 12.0. The van der Waals surface area contributed by atoms with Gasteiger partial charge >= 0.3 is 6.18 Å². The number of hydrogen-bond donors (Lipinski definition) is 0. The van der Waals surface area contributed by atoms with Crippen LogP contribution in [0.5, 0.6) is 0 Å². The Hall–Kier alpha value is -1.52. The summed E-state index contributed by atoms with van der Waals surface area (Å²) in [5, 5.41) is 0. The van der Waals surface area contributed by atoms with Crippen molar-refractivity contribution in [1.82, 2.24) is 0 Å². The molecule has 1 aliphatic heterocycles. The smallest absolute Gasteiger partial charge is 0.364 e. The normalized spacial score (nSPS) is 17.4. The lowest BCUT2D eigenvalue weighted by Gasteiger charge is -2.30. The van der Waals surface area contributed by atoms with Gasteiger partial charge in [-0.1, -0.05) is 12.1 Å². The quantitative estimate of drug-likeness (QED) is 0.756. The molecule has 17 heavy (non-hydrogen) atoms. The van der Waals surface area contributed by atoms with E-state index in [1.165, 1.54) is 17.0 Å². The zero-order chi connectivity index (χ0) is 12.5. The van der Waals surface area contributed by atoms with Gasteiger partial charge in [0.15, 0.2) is 5.78 Å². The molecule has 1 aromatic rings. The minimum absolute atomic E-state index is 0.00627. The second-order valence-electron chi connectivity index (χ2n) is 4.08. The molecule has 0 spiro atoms. The number of benzene rings is 1. The molecule has 0 saturated carbocycles. The molecule has 0 amide bonds. The Bertz CT molecular complexity index is 428. The van der Waals surface area contributed by atoms with E-state index >= 15 is 0 Å². The maximum atomic E-state index is 12.8. The number of alkyl halides is 3. The van der Waals surface area contributed by atoms with E-state index in [2.05, 4.69) is 0 Å². The molecule has 0 radical (unpaired) electrons. The summed E-state index contributed by atoms with van der Waals surface area (Å²) in [6.07, 6.45) is -3.30. The Morgan fingerprint density at radius 2 is 1.88 bits per heavy atom. The molecule has 0 aliphatic carbocycles. The van der Waals surface area contributed by atoms with Crippen molar-refractivity contribution in [3.05, 3.63) is 29.8 Å². The molecule has 1 fully saturated rings. The number of carbonyl (C=O) groups excluding carboxylic acids is 1. The van der Waals surface area contributed by atoms with Gasteiger partial charge in [-0.3, -0.25) is 4.79 Å². The van der Waals surface area contributed by atoms with E-state index in [9.17, 15) is 18.0 Å². The first-order valence-electron chi connectivity index (χ1n) is 5.41. The van der Waals surface area contributed by atoms with Crippen molar-refractivity contribution >= 4 is 11.5 Å². The van der Waals surface area contributed by atoms with Crippen molar-refractivity contribution in [1.29, 1.82) is 0 Å². The average molecular weight is 243 g/mol. The molecule has 0 aromatic heterocycles. The molecule has 0 bridgehead atoms. The fraction of sp³-hybridized carbons (Fsp3) is 0.417. The van der Waals surface area contributed by atoms with Crippen LogP contribution >= 0.6 is 0 Å². The number of ketones is 1. The Balaban J connectivity index is 2.34. The number of piperidine rings is 1. The lowest BCUT2D eigenvalue weighted by Crippen LogP contribution is -2.36. The number of para-hydroxylation sites is 1. The van der Waals surface area contributed by atoms with Crippen LogP contribution in [-0.4, -0.2) is 18.9 Å². The van der Waals surface area contributed by atoms with Gasteiger partial charge in [-0.2, -0.15) is 13.2 Å². The van der Waals surface area contributed by atoms with Crippen LogP contribution in [0.3, 0.4) is 0 Å². The van der Waals surface area contributed by atoms with Crippen molar-refractivity contribution in [2.24, 2.45) is 0 Å². The largest absolute Gasteiger partial charge is 0.418 e. The summed E-state index contributed by atoms with van der Waals surface area (Å²) < 4.78 is 38.4. The van der Waals surface area contributed by atoms with E-state index in [1.54, 1.807) is 6.07 Å². The molecule has 2 rings (SSSR count). The zero-order valence-electron chi connectivity index (χ0n) is 9.13. The highest BCUT2D eigenvalue weighted by molar-refractivity contribution is 5.85. The second kappa shape index (κ2) is 4.39. The van der Waals surface area contributed by atoms with Gasteiger partial charge in [0, 0.05) is 18.7 Å². The maximum absolute atomic E-state index is 12.8. The van der Waals surface area contributed by atoms with Crippen molar-refractivity contribution in [2.75, 3.05) is 18.0 Å². The fourth-order valence-corrected chi connectivity index (χ4v) is 2.03. The van der Waals surface area contributed by atoms with Gasteiger partial charge in [0.05, 0.1) is 12.1 Å². The molecule has 1 aromatic carbocycles. The van der Waals surface area contributed by atoms with Crippen LogP contribution in [0.15, 0.2) is 24.3 Å². The average Bonchev–Trinajstić information content (AvgIpc) is 2.28. The van der Waals surface area contributed by atoms with Gasteiger partial charge < -0.3 is 4.90 Å². The number of nitrogens with zero attached hydrogens (tertiary/aromatic N) is 1. The summed E-state index contributed by atoms with van der Waals surface area (Å²) >= 11 is 0. The number of halogens is 3. The highest BCUT2D eigenvalue weighted by atomic mass is 19.4. The molecule has 1 saturated heterocycles. The molecule has 0 atom stereocenters. The fourth-order valence-electron chi connectivity index (χ4n) is 2.03. The third-order valence-corrected chi connectivity index (χ3v) is 2.80. The summed E-state index contributed by atoms with van der Waals surface area (Å²) in [4.78, 5) is 12.8. The van der Waals surface area contributed by atoms with Crippen molar-refractivity contribution in [2.45, 2.75) is 19.0 Å². The number of Topliss-reactive ketones (excluding diaryl/α,β-unsaturated/α-hetero) is 1. The van der Waals surface area contributed by atoms with Crippen molar-refractivity contribution in [3.8, 4) is 0 Å². The van der Waals surface area contributed by atoms with E-state index in [0.29, 0.717) is 19.4 Å². The van der Waals surface area contributed by atoms with E-state index in [0.717, 1.165) is 6.07 Å². The highest BCUT2D eigenvalue weighted by Gasteiger charge is 2.35. The van der Waals surface area contributed by atoms with Crippen LogP contribution < -0.4 is 4.90 Å². The Kier molecular flexibility index (Phi) is 3.09. The second-order valence-corrected chi connectivity index (χ2v) is 4.08. The van der Waals surface area contributed by atoms with Gasteiger partial charge in [-0.05, 0) is 18.6 Å².